The highest BCUT2D eigenvalue weighted by Crippen LogP contribution is 2.35. The Bertz CT molecular complexity index is 485. The second-order valence-corrected chi connectivity index (χ2v) is 14.3. The topological polar surface area (TPSA) is 30.5 Å². The van der Waals surface area contributed by atoms with Crippen molar-refractivity contribution in [2.24, 2.45) is 34.5 Å². The number of hydrogen-bond acceptors (Lipinski definition) is 4. The van der Waals surface area contributed by atoms with Crippen LogP contribution in [0.15, 0.2) is 0 Å². The van der Waals surface area contributed by atoms with E-state index in [1.807, 2.05) is 13.8 Å². The highest BCUT2D eigenvalue weighted by atomic mass is 15.1. The van der Waals surface area contributed by atoms with Crippen molar-refractivity contribution < 1.29 is 0 Å². The molecule has 4 aliphatic rings. The Kier molecular flexibility index (Phi) is 14.3. The van der Waals surface area contributed by atoms with E-state index in [1.54, 1.807) is 0 Å². The molecule has 36 heavy (non-hydrogen) atoms. The van der Waals surface area contributed by atoms with Crippen LogP contribution in [0.25, 0.3) is 0 Å². The third-order valence-corrected chi connectivity index (χ3v) is 9.57. The van der Waals surface area contributed by atoms with E-state index in [-0.39, 0.29) is 0 Å². The maximum Gasteiger partial charge on any atom is 0.00106 e. The minimum absolute atomic E-state index is 0.515. The summed E-state index contributed by atoms with van der Waals surface area (Å²) in [5.74, 6) is 3.79. The molecule has 214 valence electrons. The molecule has 4 heterocycles. The van der Waals surface area contributed by atoms with Crippen molar-refractivity contribution in [3.63, 3.8) is 0 Å². The Balaban J connectivity index is 0.000000237. The van der Waals surface area contributed by atoms with E-state index in [1.165, 1.54) is 117 Å². The zero-order chi connectivity index (χ0) is 26.6. The summed E-state index contributed by atoms with van der Waals surface area (Å²) in [7, 11) is 0. The summed E-state index contributed by atoms with van der Waals surface area (Å²) in [6.45, 7) is 31.5. The molecule has 4 aliphatic heterocycles. The number of nitrogens with zero attached hydrogens (tertiary/aromatic N) is 2. The highest BCUT2D eigenvalue weighted by Gasteiger charge is 2.30. The quantitative estimate of drug-likeness (QED) is 0.455. The molecule has 0 bridgehead atoms. The maximum absolute atomic E-state index is 3.46. The van der Waals surface area contributed by atoms with Gasteiger partial charge in [0.15, 0.2) is 0 Å². The molecule has 0 aromatic carbocycles. The van der Waals surface area contributed by atoms with Gasteiger partial charge in [-0.3, -0.25) is 0 Å². The number of rotatable bonds is 4. The van der Waals surface area contributed by atoms with Crippen LogP contribution in [0, 0.1) is 34.5 Å². The van der Waals surface area contributed by atoms with E-state index in [9.17, 15) is 0 Å². The Hall–Kier alpha value is -0.160. The van der Waals surface area contributed by atoms with Gasteiger partial charge in [0, 0.05) is 13.1 Å². The van der Waals surface area contributed by atoms with Crippen LogP contribution in [0.5, 0.6) is 0 Å². The van der Waals surface area contributed by atoms with Gasteiger partial charge in [-0.2, -0.15) is 0 Å². The first-order valence-electron chi connectivity index (χ1n) is 16.0. The third kappa shape index (κ3) is 11.7. The summed E-state index contributed by atoms with van der Waals surface area (Å²) < 4.78 is 0. The van der Waals surface area contributed by atoms with Crippen molar-refractivity contribution in [3.8, 4) is 0 Å². The highest BCUT2D eigenvalue weighted by molar-refractivity contribution is 4.83. The lowest BCUT2D eigenvalue weighted by Gasteiger charge is -2.40. The average molecular weight is 507 g/mol. The minimum Gasteiger partial charge on any atom is -0.317 e. The van der Waals surface area contributed by atoms with Crippen molar-refractivity contribution in [1.82, 2.24) is 20.4 Å². The molecule has 4 rings (SSSR count). The molecule has 0 amide bonds. The standard InChI is InChI=1S/2C15H30N2.C2H6/c2*1-15(2,3)14-6-10-17(11-7-14)12-13-4-8-16-9-5-13;1-2/h2*13-14,16H,4-12H2,1-3H3;1-2H3. The van der Waals surface area contributed by atoms with Crippen molar-refractivity contribution in [2.75, 3.05) is 65.4 Å². The van der Waals surface area contributed by atoms with E-state index in [0.29, 0.717) is 10.8 Å². The summed E-state index contributed by atoms with van der Waals surface area (Å²) in [6.07, 6.45) is 11.2. The molecule has 4 heteroatoms. The van der Waals surface area contributed by atoms with Crippen molar-refractivity contribution in [2.45, 2.75) is 107 Å². The lowest BCUT2D eigenvalue weighted by atomic mass is 9.75. The molecular formula is C32H66N4. The van der Waals surface area contributed by atoms with Crippen LogP contribution in [-0.4, -0.2) is 75.2 Å². The van der Waals surface area contributed by atoms with Gasteiger partial charge in [-0.25, -0.2) is 0 Å². The van der Waals surface area contributed by atoms with Crippen LogP contribution in [0.3, 0.4) is 0 Å². The first-order valence-corrected chi connectivity index (χ1v) is 16.0. The molecule has 0 aromatic rings. The van der Waals surface area contributed by atoms with Crippen LogP contribution < -0.4 is 10.6 Å². The number of piperidine rings is 4. The molecule has 0 unspecified atom stereocenters. The molecule has 4 nitrogen and oxygen atoms in total. The van der Waals surface area contributed by atoms with Crippen molar-refractivity contribution in [3.05, 3.63) is 0 Å². The number of likely N-dealkylation sites (tertiary alicyclic amines) is 2. The number of hydrogen-bond donors (Lipinski definition) is 2. The van der Waals surface area contributed by atoms with Gasteiger partial charge in [-0.1, -0.05) is 55.4 Å². The minimum atomic E-state index is 0.515. The monoisotopic (exact) mass is 507 g/mol. The van der Waals surface area contributed by atoms with Gasteiger partial charge in [0.2, 0.25) is 0 Å². The first-order chi connectivity index (χ1) is 17.1. The smallest absolute Gasteiger partial charge is 0.00106 e. The molecule has 4 fully saturated rings. The van der Waals surface area contributed by atoms with Crippen molar-refractivity contribution in [1.29, 1.82) is 0 Å². The zero-order valence-corrected chi connectivity index (χ0v) is 25.9. The molecule has 2 N–H and O–H groups in total. The molecule has 4 saturated heterocycles. The molecule has 0 saturated carbocycles. The van der Waals surface area contributed by atoms with Crippen LogP contribution in [-0.2, 0) is 0 Å². The largest absolute Gasteiger partial charge is 0.317 e. The summed E-state index contributed by atoms with van der Waals surface area (Å²) in [6, 6.07) is 0. The fourth-order valence-corrected chi connectivity index (χ4v) is 6.82. The molecule has 0 spiro atoms. The second kappa shape index (κ2) is 16.1. The molecule has 0 atom stereocenters. The SMILES string of the molecule is CC.CC(C)(C)C1CCN(CC2CCNCC2)CC1.CC(C)(C)C1CCN(CC2CCNCC2)CC1. The normalized spacial score (nSPS) is 25.0. The van der Waals surface area contributed by atoms with E-state index in [0.717, 1.165) is 23.7 Å². The summed E-state index contributed by atoms with van der Waals surface area (Å²) in [4.78, 5) is 5.44. The zero-order valence-electron chi connectivity index (χ0n) is 25.9. The Morgan fingerprint density at radius 2 is 0.778 bits per heavy atom. The van der Waals surface area contributed by atoms with Gasteiger partial charge >= 0.3 is 0 Å². The molecule has 0 aliphatic carbocycles. The van der Waals surface area contributed by atoms with Gasteiger partial charge in [0.1, 0.15) is 0 Å². The Labute approximate surface area is 227 Å². The van der Waals surface area contributed by atoms with E-state index in [2.05, 4.69) is 62.0 Å². The Morgan fingerprint density at radius 1 is 0.500 bits per heavy atom. The third-order valence-electron chi connectivity index (χ3n) is 9.57. The predicted molar refractivity (Wildman–Crippen MR) is 160 cm³/mol. The molecule has 0 radical (unpaired) electrons. The first kappa shape index (κ1) is 32.1. The molecule has 0 aromatic heterocycles. The van der Waals surface area contributed by atoms with Gasteiger partial charge in [-0.05, 0) is 138 Å². The lowest BCUT2D eigenvalue weighted by molar-refractivity contribution is 0.0960. The summed E-state index contributed by atoms with van der Waals surface area (Å²) >= 11 is 0. The Morgan fingerprint density at radius 3 is 1.03 bits per heavy atom. The summed E-state index contributed by atoms with van der Waals surface area (Å²) in [5, 5.41) is 6.92. The van der Waals surface area contributed by atoms with Crippen molar-refractivity contribution >= 4 is 0 Å². The fraction of sp³-hybridized carbons (Fsp3) is 1.00. The second-order valence-electron chi connectivity index (χ2n) is 14.3. The fourth-order valence-electron chi connectivity index (χ4n) is 6.82. The van der Waals surface area contributed by atoms with Crippen LogP contribution in [0.4, 0.5) is 0 Å². The lowest BCUT2D eigenvalue weighted by Crippen LogP contribution is -2.42. The van der Waals surface area contributed by atoms with E-state index in [4.69, 9.17) is 0 Å². The predicted octanol–water partition coefficient (Wildman–Crippen LogP) is 6.51. The van der Waals surface area contributed by atoms with Gasteiger partial charge in [0.05, 0.1) is 0 Å². The average Bonchev–Trinajstić information content (AvgIpc) is 2.87. The number of nitrogens with one attached hydrogen (secondary N) is 2. The molecular weight excluding hydrogens is 440 g/mol. The van der Waals surface area contributed by atoms with E-state index < -0.39 is 0 Å². The van der Waals surface area contributed by atoms with Crippen LogP contribution in [0.1, 0.15) is 107 Å². The van der Waals surface area contributed by atoms with E-state index >= 15 is 0 Å². The van der Waals surface area contributed by atoms with Gasteiger partial charge in [0.25, 0.3) is 0 Å². The maximum atomic E-state index is 3.46. The van der Waals surface area contributed by atoms with Crippen LogP contribution >= 0.6 is 0 Å². The van der Waals surface area contributed by atoms with Crippen LogP contribution in [0.2, 0.25) is 0 Å². The van der Waals surface area contributed by atoms with Gasteiger partial charge < -0.3 is 20.4 Å². The van der Waals surface area contributed by atoms with Gasteiger partial charge in [-0.15, -0.1) is 0 Å². The summed E-state index contributed by atoms with van der Waals surface area (Å²) in [5.41, 5.74) is 1.03.